The highest BCUT2D eigenvalue weighted by atomic mass is 15.2. The summed E-state index contributed by atoms with van der Waals surface area (Å²) in [5, 5.41) is 3.41. The summed E-state index contributed by atoms with van der Waals surface area (Å²) in [5.41, 5.74) is 2.15. The van der Waals surface area contributed by atoms with E-state index >= 15 is 0 Å². The van der Waals surface area contributed by atoms with Crippen LogP contribution in [0.5, 0.6) is 0 Å². The highest BCUT2D eigenvalue weighted by Crippen LogP contribution is 2.10. The molecule has 1 N–H and O–H groups in total. The number of nitrogens with zero attached hydrogens (tertiary/aromatic N) is 3. The van der Waals surface area contributed by atoms with Crippen molar-refractivity contribution in [2.45, 2.75) is 39.8 Å². The summed E-state index contributed by atoms with van der Waals surface area (Å²) >= 11 is 0. The molecule has 4 heteroatoms. The smallest absolute Gasteiger partial charge is 0.147 e. The van der Waals surface area contributed by atoms with E-state index in [1.165, 1.54) is 0 Å². The second-order valence-corrected chi connectivity index (χ2v) is 5.79. The Kier molecular flexibility index (Phi) is 4.84. The van der Waals surface area contributed by atoms with Crippen LogP contribution in [0, 0.1) is 0 Å². The van der Waals surface area contributed by atoms with Crippen molar-refractivity contribution >= 4 is 5.82 Å². The van der Waals surface area contributed by atoms with Gasteiger partial charge in [-0.3, -0.25) is 4.98 Å². The average molecular weight is 248 g/mol. The molecule has 0 saturated heterocycles. The number of rotatable bonds is 5. The second kappa shape index (κ2) is 5.96. The molecule has 1 heterocycles. The minimum absolute atomic E-state index is 0.0846. The maximum Gasteiger partial charge on any atom is 0.147 e. The van der Waals surface area contributed by atoms with Crippen LogP contribution in [0.25, 0.3) is 0 Å². The van der Waals surface area contributed by atoms with Gasteiger partial charge in [0.1, 0.15) is 5.82 Å². The second-order valence-electron chi connectivity index (χ2n) is 5.79. The Hall–Kier alpha value is -1.42. The summed E-state index contributed by atoms with van der Waals surface area (Å²) in [6.07, 6.45) is 3.58. The van der Waals surface area contributed by atoms with E-state index in [4.69, 9.17) is 0 Å². The molecule has 100 valence electrons. The zero-order valence-electron chi connectivity index (χ0n) is 12.1. The minimum Gasteiger partial charge on any atom is -0.354 e. The number of hydrogen-bond acceptors (Lipinski definition) is 4. The topological polar surface area (TPSA) is 41.1 Å². The van der Waals surface area contributed by atoms with Crippen molar-refractivity contribution < 1.29 is 0 Å². The number of hydrogen-bond donors (Lipinski definition) is 1. The van der Waals surface area contributed by atoms with Crippen LogP contribution in [0.15, 0.2) is 24.5 Å². The molecule has 18 heavy (non-hydrogen) atoms. The fraction of sp³-hybridized carbons (Fsp3) is 0.571. The first kappa shape index (κ1) is 14.6. The van der Waals surface area contributed by atoms with E-state index < -0.39 is 0 Å². The molecule has 1 aromatic rings. The Balaban J connectivity index is 2.70. The lowest BCUT2D eigenvalue weighted by Crippen LogP contribution is -2.35. The van der Waals surface area contributed by atoms with Crippen LogP contribution >= 0.6 is 0 Å². The Morgan fingerprint density at radius 2 is 2.06 bits per heavy atom. The fourth-order valence-electron chi connectivity index (χ4n) is 1.51. The summed E-state index contributed by atoms with van der Waals surface area (Å²) in [6, 6.07) is 0. The van der Waals surface area contributed by atoms with Crippen molar-refractivity contribution in [1.29, 1.82) is 0 Å². The van der Waals surface area contributed by atoms with Crippen molar-refractivity contribution in [3.8, 4) is 0 Å². The Morgan fingerprint density at radius 1 is 1.39 bits per heavy atom. The van der Waals surface area contributed by atoms with Crippen LogP contribution in [0.1, 0.15) is 33.4 Å². The molecule has 0 unspecified atom stereocenters. The summed E-state index contributed by atoms with van der Waals surface area (Å²) < 4.78 is 0. The van der Waals surface area contributed by atoms with Gasteiger partial charge in [0.2, 0.25) is 0 Å². The van der Waals surface area contributed by atoms with Gasteiger partial charge in [-0.25, -0.2) is 4.98 Å². The fourth-order valence-corrected chi connectivity index (χ4v) is 1.51. The van der Waals surface area contributed by atoms with E-state index in [1.54, 1.807) is 12.4 Å². The van der Waals surface area contributed by atoms with E-state index in [9.17, 15) is 0 Å². The van der Waals surface area contributed by atoms with Gasteiger partial charge in [0, 0.05) is 31.9 Å². The lowest BCUT2D eigenvalue weighted by molar-refractivity contribution is 0.421. The van der Waals surface area contributed by atoms with Gasteiger partial charge in [0.05, 0.1) is 11.9 Å². The minimum atomic E-state index is 0.0846. The van der Waals surface area contributed by atoms with Crippen LogP contribution in [-0.2, 0) is 6.54 Å². The van der Waals surface area contributed by atoms with Crippen molar-refractivity contribution in [2.75, 3.05) is 18.5 Å². The van der Waals surface area contributed by atoms with Crippen molar-refractivity contribution in [3.63, 3.8) is 0 Å². The Labute approximate surface area is 110 Å². The number of likely N-dealkylation sites (N-methyl/N-ethyl adjacent to an activating group) is 1. The molecular weight excluding hydrogens is 224 g/mol. The summed E-state index contributed by atoms with van der Waals surface area (Å²) in [6.45, 7) is 13.9. The molecule has 0 bridgehead atoms. The van der Waals surface area contributed by atoms with Gasteiger partial charge >= 0.3 is 0 Å². The molecule has 0 saturated carbocycles. The van der Waals surface area contributed by atoms with E-state index in [1.807, 2.05) is 14.0 Å². The third-order valence-electron chi connectivity index (χ3n) is 2.37. The zero-order valence-corrected chi connectivity index (χ0v) is 12.1. The van der Waals surface area contributed by atoms with Crippen LogP contribution in [-0.4, -0.2) is 29.1 Å². The van der Waals surface area contributed by atoms with Crippen LogP contribution in [0.4, 0.5) is 5.82 Å². The van der Waals surface area contributed by atoms with Crippen LogP contribution in [0.2, 0.25) is 0 Å². The zero-order chi connectivity index (χ0) is 13.8. The lowest BCUT2D eigenvalue weighted by atomic mass is 10.1. The Morgan fingerprint density at radius 3 is 2.61 bits per heavy atom. The van der Waals surface area contributed by atoms with Gasteiger partial charge in [0.25, 0.3) is 0 Å². The normalized spacial score (nSPS) is 11.4. The maximum absolute atomic E-state index is 4.59. The lowest BCUT2D eigenvalue weighted by Gasteiger charge is -2.21. The molecule has 0 aromatic carbocycles. The van der Waals surface area contributed by atoms with E-state index in [-0.39, 0.29) is 5.54 Å². The molecule has 1 aromatic heterocycles. The van der Waals surface area contributed by atoms with Crippen LogP contribution in [0.3, 0.4) is 0 Å². The standard InChI is InChI=1S/C14H24N4/c1-11(2)10-18(6)13-9-15-7-12(17-13)8-16-14(3,4)5/h7,9,16H,1,8,10H2,2-6H3. The van der Waals surface area contributed by atoms with E-state index in [0.717, 1.165) is 30.2 Å². The molecule has 0 spiro atoms. The van der Waals surface area contributed by atoms with Crippen molar-refractivity contribution in [1.82, 2.24) is 15.3 Å². The average Bonchev–Trinajstić information content (AvgIpc) is 2.25. The molecule has 0 aliphatic carbocycles. The summed E-state index contributed by atoms with van der Waals surface area (Å²) in [7, 11) is 2.00. The molecule has 0 radical (unpaired) electrons. The molecule has 0 aliphatic heterocycles. The van der Waals surface area contributed by atoms with Gasteiger partial charge in [-0.2, -0.15) is 0 Å². The molecule has 1 rings (SSSR count). The Bertz CT molecular complexity index is 407. The highest BCUT2D eigenvalue weighted by molar-refractivity contribution is 5.36. The summed E-state index contributed by atoms with van der Waals surface area (Å²) in [5.74, 6) is 0.881. The highest BCUT2D eigenvalue weighted by Gasteiger charge is 2.10. The first-order valence-electron chi connectivity index (χ1n) is 6.19. The number of nitrogens with one attached hydrogen (secondary N) is 1. The maximum atomic E-state index is 4.59. The van der Waals surface area contributed by atoms with Crippen molar-refractivity contribution in [3.05, 3.63) is 30.2 Å². The largest absolute Gasteiger partial charge is 0.354 e. The SMILES string of the molecule is C=C(C)CN(C)c1cncc(CNC(C)(C)C)n1. The first-order chi connectivity index (χ1) is 8.28. The van der Waals surface area contributed by atoms with Gasteiger partial charge < -0.3 is 10.2 Å². The molecule has 0 amide bonds. The predicted octanol–water partition coefficient (Wildman–Crippen LogP) is 2.38. The van der Waals surface area contributed by atoms with Gasteiger partial charge in [-0.1, -0.05) is 12.2 Å². The number of anilines is 1. The third kappa shape index (κ3) is 5.27. The van der Waals surface area contributed by atoms with Gasteiger partial charge in [-0.15, -0.1) is 0 Å². The molecular formula is C14H24N4. The predicted molar refractivity (Wildman–Crippen MR) is 76.7 cm³/mol. The van der Waals surface area contributed by atoms with E-state index in [2.05, 4.69) is 47.5 Å². The third-order valence-corrected chi connectivity index (χ3v) is 2.37. The summed E-state index contributed by atoms with van der Waals surface area (Å²) in [4.78, 5) is 10.9. The quantitative estimate of drug-likeness (QED) is 0.812. The van der Waals surface area contributed by atoms with E-state index in [0.29, 0.717) is 0 Å². The van der Waals surface area contributed by atoms with Gasteiger partial charge in [0.15, 0.2) is 0 Å². The molecule has 0 atom stereocenters. The monoisotopic (exact) mass is 248 g/mol. The first-order valence-corrected chi connectivity index (χ1v) is 6.19. The van der Waals surface area contributed by atoms with Crippen molar-refractivity contribution in [2.24, 2.45) is 0 Å². The molecule has 4 nitrogen and oxygen atoms in total. The van der Waals surface area contributed by atoms with Gasteiger partial charge in [-0.05, 0) is 27.7 Å². The molecule has 0 aliphatic rings. The molecule has 0 fully saturated rings. The van der Waals surface area contributed by atoms with Crippen LogP contribution < -0.4 is 10.2 Å². The number of aromatic nitrogens is 2.